The number of aliphatic hydroxyl groups is 1. The highest BCUT2D eigenvalue weighted by Gasteiger charge is 2.14. The van der Waals surface area contributed by atoms with Crippen molar-refractivity contribution in [2.75, 3.05) is 26.8 Å². The lowest BCUT2D eigenvalue weighted by atomic mass is 10.1. The third-order valence-corrected chi connectivity index (χ3v) is 2.72. The highest BCUT2D eigenvalue weighted by atomic mass is 16.5. The van der Waals surface area contributed by atoms with Gasteiger partial charge < -0.3 is 15.2 Å². The molecule has 0 unspecified atom stereocenters. The Morgan fingerprint density at radius 3 is 2.33 bits per heavy atom. The van der Waals surface area contributed by atoms with Gasteiger partial charge in [0, 0.05) is 13.7 Å². The molecule has 0 aromatic carbocycles. The number of unbranched alkanes of at least 4 members (excludes halogenated alkanes) is 3. The third kappa shape index (κ3) is 10.2. The normalized spacial score (nSPS) is 12.0. The number of hydrogen-bond donors (Lipinski definition) is 2. The lowest BCUT2D eigenvalue weighted by Crippen LogP contribution is -2.29. The summed E-state index contributed by atoms with van der Waals surface area (Å²) in [7, 11) is 1.76. The summed E-state index contributed by atoms with van der Waals surface area (Å²) in [6, 6.07) is 0. The first-order valence-corrected chi connectivity index (χ1v) is 5.99. The van der Waals surface area contributed by atoms with Crippen molar-refractivity contribution in [3.63, 3.8) is 0 Å². The second-order valence-corrected chi connectivity index (χ2v) is 4.60. The van der Waals surface area contributed by atoms with E-state index in [4.69, 9.17) is 9.84 Å². The Balaban J connectivity index is 3.11. The second-order valence-electron chi connectivity index (χ2n) is 4.60. The first-order chi connectivity index (χ1) is 7.12. The van der Waals surface area contributed by atoms with E-state index in [-0.39, 0.29) is 5.60 Å². The lowest BCUT2D eigenvalue weighted by molar-refractivity contribution is 0.0159. The van der Waals surface area contributed by atoms with Gasteiger partial charge in [-0.1, -0.05) is 12.8 Å². The highest BCUT2D eigenvalue weighted by molar-refractivity contribution is 4.68. The maximum absolute atomic E-state index is 8.59. The third-order valence-electron chi connectivity index (χ3n) is 2.72. The zero-order valence-corrected chi connectivity index (χ0v) is 10.5. The Morgan fingerprint density at radius 2 is 1.73 bits per heavy atom. The molecule has 3 heteroatoms. The number of ether oxygens (including phenoxy) is 1. The highest BCUT2D eigenvalue weighted by Crippen LogP contribution is 2.11. The fraction of sp³-hybridized carbons (Fsp3) is 1.00. The standard InChI is InChI=1S/C12H27NO2/c1-12(2,15-3)8-10-13-9-6-4-5-7-11-14/h13-14H,4-11H2,1-3H3. The predicted octanol–water partition coefficient (Wildman–Crippen LogP) is 1.94. The van der Waals surface area contributed by atoms with E-state index in [0.29, 0.717) is 6.61 Å². The van der Waals surface area contributed by atoms with Crippen LogP contribution in [0, 0.1) is 0 Å². The van der Waals surface area contributed by atoms with Crippen LogP contribution in [-0.4, -0.2) is 37.5 Å². The molecule has 92 valence electrons. The Bertz CT molecular complexity index is 138. The molecule has 0 aromatic heterocycles. The summed E-state index contributed by atoms with van der Waals surface area (Å²) in [4.78, 5) is 0. The van der Waals surface area contributed by atoms with Gasteiger partial charge in [0.1, 0.15) is 0 Å². The molecule has 0 saturated heterocycles. The van der Waals surface area contributed by atoms with E-state index in [0.717, 1.165) is 32.4 Å². The first kappa shape index (κ1) is 14.9. The van der Waals surface area contributed by atoms with E-state index >= 15 is 0 Å². The maximum atomic E-state index is 8.59. The molecule has 15 heavy (non-hydrogen) atoms. The van der Waals surface area contributed by atoms with Gasteiger partial charge in [-0.15, -0.1) is 0 Å². The summed E-state index contributed by atoms with van der Waals surface area (Å²) in [5, 5.41) is 12.0. The van der Waals surface area contributed by atoms with Crippen LogP contribution < -0.4 is 5.32 Å². The van der Waals surface area contributed by atoms with Gasteiger partial charge in [0.05, 0.1) is 5.60 Å². The fourth-order valence-electron chi connectivity index (χ4n) is 1.33. The Labute approximate surface area is 94.2 Å². The van der Waals surface area contributed by atoms with Gasteiger partial charge in [-0.05, 0) is 46.2 Å². The van der Waals surface area contributed by atoms with E-state index in [1.165, 1.54) is 12.8 Å². The van der Waals surface area contributed by atoms with Crippen molar-refractivity contribution in [1.82, 2.24) is 5.32 Å². The predicted molar refractivity (Wildman–Crippen MR) is 64.1 cm³/mol. The maximum Gasteiger partial charge on any atom is 0.0634 e. The largest absolute Gasteiger partial charge is 0.396 e. The molecule has 0 spiro atoms. The van der Waals surface area contributed by atoms with E-state index in [1.54, 1.807) is 7.11 Å². The van der Waals surface area contributed by atoms with Crippen LogP contribution in [0.15, 0.2) is 0 Å². The summed E-state index contributed by atoms with van der Waals surface area (Å²) >= 11 is 0. The number of nitrogens with one attached hydrogen (secondary N) is 1. The minimum absolute atomic E-state index is 0.0100. The molecule has 0 bridgehead atoms. The van der Waals surface area contributed by atoms with Crippen molar-refractivity contribution in [3.8, 4) is 0 Å². The van der Waals surface area contributed by atoms with E-state index in [2.05, 4.69) is 19.2 Å². The van der Waals surface area contributed by atoms with Gasteiger partial charge in [0.2, 0.25) is 0 Å². The monoisotopic (exact) mass is 217 g/mol. The number of rotatable bonds is 10. The summed E-state index contributed by atoms with van der Waals surface area (Å²) in [6.07, 6.45) is 5.53. The van der Waals surface area contributed by atoms with Crippen LogP contribution >= 0.6 is 0 Å². The van der Waals surface area contributed by atoms with Crippen molar-refractivity contribution < 1.29 is 9.84 Å². The summed E-state index contributed by atoms with van der Waals surface area (Å²) < 4.78 is 5.33. The minimum atomic E-state index is -0.0100. The van der Waals surface area contributed by atoms with Crippen molar-refractivity contribution in [2.24, 2.45) is 0 Å². The molecule has 0 saturated carbocycles. The van der Waals surface area contributed by atoms with Gasteiger partial charge >= 0.3 is 0 Å². The quantitative estimate of drug-likeness (QED) is 0.550. The van der Waals surface area contributed by atoms with Crippen molar-refractivity contribution in [3.05, 3.63) is 0 Å². The topological polar surface area (TPSA) is 41.5 Å². The number of aliphatic hydroxyl groups excluding tert-OH is 1. The van der Waals surface area contributed by atoms with E-state index < -0.39 is 0 Å². The van der Waals surface area contributed by atoms with Gasteiger partial charge in [-0.2, -0.15) is 0 Å². The van der Waals surface area contributed by atoms with Gasteiger partial charge in [0.25, 0.3) is 0 Å². The molecule has 2 N–H and O–H groups in total. The number of methoxy groups -OCH3 is 1. The molecule has 0 heterocycles. The first-order valence-electron chi connectivity index (χ1n) is 5.99. The fourth-order valence-corrected chi connectivity index (χ4v) is 1.33. The molecular formula is C12H27NO2. The second kappa shape index (κ2) is 9.13. The molecule has 0 aromatic rings. The molecule has 0 aliphatic heterocycles. The molecule has 0 radical (unpaired) electrons. The van der Waals surface area contributed by atoms with E-state index in [1.807, 2.05) is 0 Å². The molecule has 0 fully saturated rings. The Hall–Kier alpha value is -0.120. The van der Waals surface area contributed by atoms with Crippen molar-refractivity contribution in [1.29, 1.82) is 0 Å². The summed E-state index contributed by atoms with van der Waals surface area (Å²) in [6.45, 7) is 6.63. The Kier molecular flexibility index (Phi) is 9.06. The van der Waals surface area contributed by atoms with Crippen LogP contribution in [0.1, 0.15) is 46.0 Å². The SMILES string of the molecule is COC(C)(C)CCNCCCCCCO. The molecule has 0 aliphatic carbocycles. The van der Waals surface area contributed by atoms with Crippen LogP contribution in [-0.2, 0) is 4.74 Å². The molecule has 0 atom stereocenters. The van der Waals surface area contributed by atoms with Crippen LogP contribution in [0.5, 0.6) is 0 Å². The van der Waals surface area contributed by atoms with Gasteiger partial charge in [-0.25, -0.2) is 0 Å². The van der Waals surface area contributed by atoms with Crippen molar-refractivity contribution >= 4 is 0 Å². The number of hydrogen-bond acceptors (Lipinski definition) is 3. The van der Waals surface area contributed by atoms with Crippen LogP contribution in [0.2, 0.25) is 0 Å². The molecular weight excluding hydrogens is 190 g/mol. The molecule has 0 amide bonds. The Morgan fingerprint density at radius 1 is 1.07 bits per heavy atom. The van der Waals surface area contributed by atoms with Crippen molar-refractivity contribution in [2.45, 2.75) is 51.6 Å². The zero-order chi connectivity index (χ0) is 11.6. The average Bonchev–Trinajstić information content (AvgIpc) is 2.22. The minimum Gasteiger partial charge on any atom is -0.396 e. The summed E-state index contributed by atoms with van der Waals surface area (Å²) in [5.41, 5.74) is -0.0100. The molecule has 3 nitrogen and oxygen atoms in total. The smallest absolute Gasteiger partial charge is 0.0634 e. The zero-order valence-electron chi connectivity index (χ0n) is 10.5. The lowest BCUT2D eigenvalue weighted by Gasteiger charge is -2.22. The average molecular weight is 217 g/mol. The van der Waals surface area contributed by atoms with Crippen LogP contribution in [0.4, 0.5) is 0 Å². The van der Waals surface area contributed by atoms with Gasteiger partial charge in [-0.3, -0.25) is 0 Å². The summed E-state index contributed by atoms with van der Waals surface area (Å²) in [5.74, 6) is 0. The van der Waals surface area contributed by atoms with Gasteiger partial charge in [0.15, 0.2) is 0 Å². The van der Waals surface area contributed by atoms with E-state index in [9.17, 15) is 0 Å². The van der Waals surface area contributed by atoms with Crippen LogP contribution in [0.25, 0.3) is 0 Å². The van der Waals surface area contributed by atoms with Crippen LogP contribution in [0.3, 0.4) is 0 Å². The molecule has 0 aliphatic rings. The molecule has 0 rings (SSSR count).